The molecule has 0 bridgehead atoms. The number of carbonyl (C=O) groups excluding carboxylic acids is 3. The summed E-state index contributed by atoms with van der Waals surface area (Å²) >= 11 is 8.07. The van der Waals surface area contributed by atoms with Crippen molar-refractivity contribution in [3.05, 3.63) is 91.9 Å². The molecule has 0 spiro atoms. The summed E-state index contributed by atoms with van der Waals surface area (Å²) in [5.41, 5.74) is 1.63. The quantitative estimate of drug-likeness (QED) is 0.264. The van der Waals surface area contributed by atoms with E-state index >= 15 is 0 Å². The van der Waals surface area contributed by atoms with Gasteiger partial charge < -0.3 is 19.5 Å². The van der Waals surface area contributed by atoms with Gasteiger partial charge in [-0.3, -0.25) is 23.7 Å². The second kappa shape index (κ2) is 12.0. The first-order chi connectivity index (χ1) is 21.2. The Labute approximate surface area is 265 Å². The van der Waals surface area contributed by atoms with Crippen LogP contribution in [0.5, 0.6) is 17.2 Å². The first-order valence-electron chi connectivity index (χ1n) is 13.4. The molecule has 13 heteroatoms. The number of amides is 3. The second-order valence-corrected chi connectivity index (χ2v) is 12.6. The van der Waals surface area contributed by atoms with Crippen LogP contribution in [0.15, 0.2) is 76.6 Å². The summed E-state index contributed by atoms with van der Waals surface area (Å²) in [7, 11) is 4.57. The van der Waals surface area contributed by atoms with Gasteiger partial charge in [-0.2, -0.15) is 0 Å². The van der Waals surface area contributed by atoms with Gasteiger partial charge in [-0.05, 0) is 66.2 Å². The predicted octanol–water partition coefficient (Wildman–Crippen LogP) is 5.02. The standard InChI is InChI=1S/C31H26ClN3O7S2/c1-40-20-11-9-19(10-12-20)35-28(37)25-24(16-4-13-21(41-2)22(14-16)42-3)27-30(43-26(25)29(35)38)34(31(39)44-27)15-23(36)33-18-7-5-17(32)6-8-18/h4-14,24-26H,15H2,1-3H3,(H,33,36). The number of carbonyl (C=O) groups is 3. The maximum atomic E-state index is 14.1. The Kier molecular flexibility index (Phi) is 8.14. The first kappa shape index (κ1) is 29.8. The Morgan fingerprint density at radius 1 is 0.886 bits per heavy atom. The first-order valence-corrected chi connectivity index (χ1v) is 15.5. The third-order valence-corrected chi connectivity index (χ3v) is 10.4. The number of hydrogen-bond donors (Lipinski definition) is 1. The van der Waals surface area contributed by atoms with Crippen LogP contribution in [0, 0.1) is 5.92 Å². The van der Waals surface area contributed by atoms with Crippen molar-refractivity contribution in [3.8, 4) is 17.2 Å². The van der Waals surface area contributed by atoms with Gasteiger partial charge in [0.2, 0.25) is 17.7 Å². The van der Waals surface area contributed by atoms with Crippen molar-refractivity contribution < 1.29 is 28.6 Å². The van der Waals surface area contributed by atoms with E-state index in [0.29, 0.717) is 49.1 Å². The smallest absolute Gasteiger partial charge is 0.308 e. The zero-order valence-electron chi connectivity index (χ0n) is 23.7. The molecule has 3 unspecified atom stereocenters. The topological polar surface area (TPSA) is 116 Å². The van der Waals surface area contributed by atoms with Gasteiger partial charge in [0.1, 0.15) is 17.5 Å². The fraction of sp³-hybridized carbons (Fsp3) is 0.226. The fourth-order valence-electron chi connectivity index (χ4n) is 5.52. The minimum Gasteiger partial charge on any atom is -0.497 e. The van der Waals surface area contributed by atoms with Crippen LogP contribution in [-0.2, 0) is 20.9 Å². The molecule has 3 aromatic carbocycles. The molecule has 1 aromatic heterocycles. The summed E-state index contributed by atoms with van der Waals surface area (Å²) in [6.45, 7) is -0.277. The molecule has 44 heavy (non-hydrogen) atoms. The van der Waals surface area contributed by atoms with E-state index in [1.165, 1.54) is 30.8 Å². The Hall–Kier alpha value is -4.26. The van der Waals surface area contributed by atoms with Crippen molar-refractivity contribution in [2.24, 2.45) is 5.92 Å². The normalized spacial score (nSPS) is 18.9. The molecule has 1 fully saturated rings. The molecular formula is C31H26ClN3O7S2. The lowest BCUT2D eigenvalue weighted by Crippen LogP contribution is -2.33. The third-order valence-electron chi connectivity index (χ3n) is 7.58. The van der Waals surface area contributed by atoms with Crippen LogP contribution in [0.4, 0.5) is 11.4 Å². The molecule has 1 saturated heterocycles. The summed E-state index contributed by atoms with van der Waals surface area (Å²) in [6.07, 6.45) is 0. The zero-order chi connectivity index (χ0) is 31.1. The van der Waals surface area contributed by atoms with Crippen LogP contribution in [0.1, 0.15) is 16.4 Å². The van der Waals surface area contributed by atoms with Crippen molar-refractivity contribution in [1.29, 1.82) is 0 Å². The van der Waals surface area contributed by atoms with Gasteiger partial charge in [-0.15, -0.1) is 0 Å². The molecule has 0 aliphatic carbocycles. The lowest BCUT2D eigenvalue weighted by molar-refractivity contribution is -0.122. The maximum Gasteiger partial charge on any atom is 0.308 e. The lowest BCUT2D eigenvalue weighted by atomic mass is 9.83. The van der Waals surface area contributed by atoms with E-state index in [1.54, 1.807) is 66.7 Å². The van der Waals surface area contributed by atoms with E-state index in [9.17, 15) is 19.2 Å². The van der Waals surface area contributed by atoms with Crippen LogP contribution in [-0.4, -0.2) is 48.9 Å². The van der Waals surface area contributed by atoms with Crippen LogP contribution in [0.2, 0.25) is 5.02 Å². The number of ether oxygens (including phenoxy) is 3. The molecule has 3 atom stereocenters. The number of thiazole rings is 1. The number of benzene rings is 3. The maximum absolute atomic E-state index is 14.1. The Morgan fingerprint density at radius 3 is 2.25 bits per heavy atom. The summed E-state index contributed by atoms with van der Waals surface area (Å²) in [6, 6.07) is 18.6. The molecule has 3 amide bonds. The number of nitrogens with one attached hydrogen (secondary N) is 1. The number of fused-ring (bicyclic) bond motifs is 2. The average molecular weight is 652 g/mol. The predicted molar refractivity (Wildman–Crippen MR) is 169 cm³/mol. The van der Waals surface area contributed by atoms with Gasteiger partial charge in [0.15, 0.2) is 11.5 Å². The van der Waals surface area contributed by atoms with Crippen molar-refractivity contribution >= 4 is 63.8 Å². The highest BCUT2D eigenvalue weighted by Gasteiger charge is 2.57. The molecule has 10 nitrogen and oxygen atoms in total. The van der Waals surface area contributed by atoms with Gasteiger partial charge in [-0.25, -0.2) is 4.90 Å². The average Bonchev–Trinajstić information content (AvgIpc) is 3.47. The monoisotopic (exact) mass is 651 g/mol. The Bertz CT molecular complexity index is 1820. The SMILES string of the molecule is COc1ccc(N2C(=O)C3Sc4c(sc(=O)n4CC(=O)Nc4ccc(Cl)cc4)C(c4ccc(OC)c(OC)c4)C3C2=O)cc1. The van der Waals surface area contributed by atoms with Crippen LogP contribution in [0.3, 0.4) is 0 Å². The van der Waals surface area contributed by atoms with Gasteiger partial charge in [0, 0.05) is 21.5 Å². The highest BCUT2D eigenvalue weighted by Crippen LogP contribution is 2.54. The summed E-state index contributed by atoms with van der Waals surface area (Å²) < 4.78 is 17.6. The number of thioether (sulfide) groups is 1. The minimum absolute atomic E-state index is 0.277. The number of aromatic nitrogens is 1. The number of nitrogens with zero attached hydrogens (tertiary/aromatic N) is 2. The van der Waals surface area contributed by atoms with Crippen molar-refractivity contribution in [2.75, 3.05) is 31.5 Å². The highest BCUT2D eigenvalue weighted by atomic mass is 35.5. The summed E-state index contributed by atoms with van der Waals surface area (Å²) in [5, 5.41) is 2.94. The molecule has 226 valence electrons. The number of imide groups is 1. The molecule has 4 aromatic rings. The molecule has 6 rings (SSSR count). The van der Waals surface area contributed by atoms with Gasteiger partial charge in [0.05, 0.1) is 38.0 Å². The van der Waals surface area contributed by atoms with E-state index < -0.39 is 28.9 Å². The van der Waals surface area contributed by atoms with Gasteiger partial charge >= 0.3 is 4.87 Å². The van der Waals surface area contributed by atoms with Gasteiger partial charge in [0.25, 0.3) is 0 Å². The van der Waals surface area contributed by atoms with Crippen molar-refractivity contribution in [2.45, 2.75) is 22.7 Å². The number of anilines is 2. The van der Waals surface area contributed by atoms with Crippen LogP contribution in [0.25, 0.3) is 0 Å². The zero-order valence-corrected chi connectivity index (χ0v) is 26.1. The fourth-order valence-corrected chi connectivity index (χ4v) is 8.42. The Balaban J connectivity index is 1.43. The summed E-state index contributed by atoms with van der Waals surface area (Å²) in [5.74, 6) is -1.14. The van der Waals surface area contributed by atoms with E-state index in [4.69, 9.17) is 25.8 Å². The van der Waals surface area contributed by atoms with Crippen molar-refractivity contribution in [1.82, 2.24) is 4.57 Å². The minimum atomic E-state index is -0.838. The van der Waals surface area contributed by atoms with Crippen LogP contribution >= 0.6 is 34.7 Å². The Morgan fingerprint density at radius 2 is 1.59 bits per heavy atom. The van der Waals surface area contributed by atoms with Crippen molar-refractivity contribution in [3.63, 3.8) is 0 Å². The molecular weight excluding hydrogens is 626 g/mol. The van der Waals surface area contributed by atoms with Gasteiger partial charge in [-0.1, -0.05) is 40.8 Å². The molecule has 2 aliphatic heterocycles. The molecule has 0 radical (unpaired) electrons. The molecule has 2 aliphatic rings. The van der Waals surface area contributed by atoms with E-state index in [1.807, 2.05) is 0 Å². The summed E-state index contributed by atoms with van der Waals surface area (Å²) in [4.78, 5) is 56.0. The largest absolute Gasteiger partial charge is 0.497 e. The molecule has 1 N–H and O–H groups in total. The second-order valence-electron chi connectivity index (χ2n) is 10.0. The third kappa shape index (κ3) is 5.23. The number of halogens is 1. The number of methoxy groups -OCH3 is 3. The highest BCUT2D eigenvalue weighted by molar-refractivity contribution is 8.00. The lowest BCUT2D eigenvalue weighted by Gasteiger charge is -2.31. The number of rotatable bonds is 8. The number of hydrogen-bond acceptors (Lipinski definition) is 9. The van der Waals surface area contributed by atoms with E-state index in [0.717, 1.165) is 23.1 Å². The molecule has 3 heterocycles. The van der Waals surface area contributed by atoms with E-state index in [2.05, 4.69) is 5.32 Å². The molecule has 0 saturated carbocycles. The van der Waals surface area contributed by atoms with E-state index in [-0.39, 0.29) is 17.3 Å². The van der Waals surface area contributed by atoms with Crippen LogP contribution < -0.4 is 29.3 Å².